The molecule has 3 N–H and O–H groups in total. The van der Waals surface area contributed by atoms with Gasteiger partial charge in [-0.1, -0.05) is 13.8 Å². The first kappa shape index (κ1) is 12.7. The minimum absolute atomic E-state index is 0.173. The average molecular weight is 224 g/mol. The number of ether oxygens (including phenoxy) is 1. The Balaban J connectivity index is 2.83. The lowest BCUT2D eigenvalue weighted by molar-refractivity contribution is 0.396. The van der Waals surface area contributed by atoms with Crippen LogP contribution >= 0.6 is 0 Å². The van der Waals surface area contributed by atoms with Crippen molar-refractivity contribution < 1.29 is 4.74 Å². The van der Waals surface area contributed by atoms with Gasteiger partial charge < -0.3 is 15.8 Å². The van der Waals surface area contributed by atoms with Gasteiger partial charge >= 0.3 is 0 Å². The molecule has 1 aromatic rings. The number of hydrogen-bond donors (Lipinski definition) is 2. The molecule has 1 atom stereocenters. The van der Waals surface area contributed by atoms with Crippen LogP contribution in [-0.4, -0.2) is 29.7 Å². The molecule has 5 heteroatoms. The van der Waals surface area contributed by atoms with E-state index < -0.39 is 0 Å². The van der Waals surface area contributed by atoms with Crippen molar-refractivity contribution in [3.8, 4) is 5.88 Å². The Morgan fingerprint density at radius 1 is 1.44 bits per heavy atom. The maximum atomic E-state index is 5.68. The summed E-state index contributed by atoms with van der Waals surface area (Å²) in [5, 5.41) is 3.22. The molecule has 0 radical (unpaired) electrons. The molecule has 0 spiro atoms. The summed E-state index contributed by atoms with van der Waals surface area (Å²) in [5.74, 6) is 1.57. The van der Waals surface area contributed by atoms with Crippen LogP contribution in [0.25, 0.3) is 0 Å². The molecule has 90 valence electrons. The minimum Gasteiger partial charge on any atom is -0.481 e. The Kier molecular flexibility index (Phi) is 4.49. The summed E-state index contributed by atoms with van der Waals surface area (Å²) in [7, 11) is 1.59. The highest BCUT2D eigenvalue weighted by atomic mass is 16.5. The van der Waals surface area contributed by atoms with Crippen LogP contribution in [0.15, 0.2) is 6.07 Å². The van der Waals surface area contributed by atoms with E-state index in [9.17, 15) is 0 Å². The molecule has 0 aromatic carbocycles. The second-order valence-corrected chi connectivity index (χ2v) is 4.11. The summed E-state index contributed by atoms with van der Waals surface area (Å²) >= 11 is 0. The highest BCUT2D eigenvalue weighted by Gasteiger charge is 2.13. The maximum absolute atomic E-state index is 5.68. The van der Waals surface area contributed by atoms with Crippen molar-refractivity contribution >= 4 is 5.95 Å². The lowest BCUT2D eigenvalue weighted by atomic mass is 10.1. The lowest BCUT2D eigenvalue weighted by Gasteiger charge is -2.20. The van der Waals surface area contributed by atoms with Crippen molar-refractivity contribution in [2.75, 3.05) is 19.0 Å². The monoisotopic (exact) mass is 224 g/mol. The summed E-state index contributed by atoms with van der Waals surface area (Å²) in [5.41, 5.74) is 6.55. The quantitative estimate of drug-likeness (QED) is 0.786. The van der Waals surface area contributed by atoms with Gasteiger partial charge in [-0.2, -0.15) is 4.98 Å². The summed E-state index contributed by atoms with van der Waals surface area (Å²) in [6, 6.07) is 1.96. The van der Waals surface area contributed by atoms with E-state index in [1.165, 1.54) is 0 Å². The van der Waals surface area contributed by atoms with Gasteiger partial charge in [0.1, 0.15) is 0 Å². The van der Waals surface area contributed by atoms with E-state index in [0.717, 1.165) is 5.69 Å². The fraction of sp³-hybridized carbons (Fsp3) is 0.636. The molecule has 0 saturated heterocycles. The molecule has 0 amide bonds. The van der Waals surface area contributed by atoms with Gasteiger partial charge in [0, 0.05) is 24.3 Å². The number of aryl methyl sites for hydroxylation is 1. The average Bonchev–Trinajstić information content (AvgIpc) is 2.24. The topological polar surface area (TPSA) is 73.1 Å². The van der Waals surface area contributed by atoms with Crippen molar-refractivity contribution in [1.29, 1.82) is 0 Å². The van der Waals surface area contributed by atoms with Gasteiger partial charge in [0.15, 0.2) is 0 Å². The van der Waals surface area contributed by atoms with Crippen LogP contribution in [0.5, 0.6) is 5.88 Å². The van der Waals surface area contributed by atoms with E-state index in [1.807, 2.05) is 6.92 Å². The number of nitrogens with zero attached hydrogens (tertiary/aromatic N) is 2. The van der Waals surface area contributed by atoms with Gasteiger partial charge in [-0.05, 0) is 12.8 Å². The maximum Gasteiger partial charge on any atom is 0.226 e. The predicted molar refractivity (Wildman–Crippen MR) is 64.6 cm³/mol. The zero-order valence-corrected chi connectivity index (χ0v) is 10.3. The molecule has 1 aromatic heterocycles. The Labute approximate surface area is 96.4 Å². The van der Waals surface area contributed by atoms with Crippen LogP contribution in [0.2, 0.25) is 0 Å². The molecule has 0 bridgehead atoms. The predicted octanol–water partition coefficient (Wildman–Crippen LogP) is 1.19. The third-order valence-electron chi connectivity index (χ3n) is 2.41. The highest BCUT2D eigenvalue weighted by Crippen LogP contribution is 2.13. The molecule has 0 aliphatic rings. The lowest BCUT2D eigenvalue weighted by Crippen LogP contribution is -2.34. The molecular weight excluding hydrogens is 204 g/mol. The molecule has 1 unspecified atom stereocenters. The van der Waals surface area contributed by atoms with Gasteiger partial charge in [0.05, 0.1) is 7.11 Å². The number of hydrogen-bond acceptors (Lipinski definition) is 5. The number of rotatable bonds is 5. The fourth-order valence-corrected chi connectivity index (χ4v) is 1.37. The van der Waals surface area contributed by atoms with E-state index in [4.69, 9.17) is 10.5 Å². The number of anilines is 1. The largest absolute Gasteiger partial charge is 0.481 e. The third-order valence-corrected chi connectivity index (χ3v) is 2.41. The Morgan fingerprint density at radius 2 is 2.12 bits per heavy atom. The van der Waals surface area contributed by atoms with Crippen LogP contribution in [0.1, 0.15) is 19.5 Å². The van der Waals surface area contributed by atoms with Crippen molar-refractivity contribution in [1.82, 2.24) is 9.97 Å². The molecular formula is C11H20N4O. The van der Waals surface area contributed by atoms with Gasteiger partial charge in [-0.15, -0.1) is 0 Å². The zero-order valence-electron chi connectivity index (χ0n) is 10.3. The molecule has 0 saturated carbocycles. The fourth-order valence-electron chi connectivity index (χ4n) is 1.37. The SMILES string of the molecule is COc1cc(C)nc(NC(CN)C(C)C)n1. The molecule has 0 aliphatic carbocycles. The van der Waals surface area contributed by atoms with Gasteiger partial charge in [0.25, 0.3) is 0 Å². The van der Waals surface area contributed by atoms with E-state index in [0.29, 0.717) is 24.3 Å². The van der Waals surface area contributed by atoms with Crippen LogP contribution in [0.4, 0.5) is 5.95 Å². The zero-order chi connectivity index (χ0) is 12.1. The number of nitrogens with one attached hydrogen (secondary N) is 1. The Morgan fingerprint density at radius 3 is 2.62 bits per heavy atom. The van der Waals surface area contributed by atoms with E-state index in [1.54, 1.807) is 13.2 Å². The van der Waals surface area contributed by atoms with Crippen LogP contribution < -0.4 is 15.8 Å². The second kappa shape index (κ2) is 5.65. The van der Waals surface area contributed by atoms with Crippen molar-refractivity contribution in [2.45, 2.75) is 26.8 Å². The molecule has 0 aliphatic heterocycles. The number of nitrogens with two attached hydrogens (primary N) is 1. The van der Waals surface area contributed by atoms with Gasteiger partial charge in [-0.3, -0.25) is 0 Å². The standard InChI is InChI=1S/C11H20N4O/c1-7(2)9(6-12)14-11-13-8(3)5-10(15-11)16-4/h5,7,9H,6,12H2,1-4H3,(H,13,14,15). The summed E-state index contributed by atoms with van der Waals surface area (Å²) in [6.45, 7) is 6.68. The molecule has 5 nitrogen and oxygen atoms in total. The molecule has 0 fully saturated rings. The van der Waals surface area contributed by atoms with Crippen LogP contribution in [0.3, 0.4) is 0 Å². The summed E-state index contributed by atoms with van der Waals surface area (Å²) in [6.07, 6.45) is 0. The van der Waals surface area contributed by atoms with Crippen LogP contribution in [-0.2, 0) is 0 Å². The molecule has 1 heterocycles. The van der Waals surface area contributed by atoms with Crippen molar-refractivity contribution in [3.63, 3.8) is 0 Å². The van der Waals surface area contributed by atoms with E-state index in [2.05, 4.69) is 29.1 Å². The normalized spacial score (nSPS) is 12.6. The minimum atomic E-state index is 0.173. The van der Waals surface area contributed by atoms with Crippen molar-refractivity contribution in [3.05, 3.63) is 11.8 Å². The summed E-state index contributed by atoms with van der Waals surface area (Å²) < 4.78 is 5.09. The number of methoxy groups -OCH3 is 1. The van der Waals surface area contributed by atoms with Gasteiger partial charge in [-0.25, -0.2) is 4.98 Å². The highest BCUT2D eigenvalue weighted by molar-refractivity contribution is 5.31. The first-order valence-corrected chi connectivity index (χ1v) is 5.43. The number of aromatic nitrogens is 2. The third kappa shape index (κ3) is 3.34. The smallest absolute Gasteiger partial charge is 0.226 e. The first-order chi connectivity index (χ1) is 7.56. The second-order valence-electron chi connectivity index (χ2n) is 4.11. The van der Waals surface area contributed by atoms with Crippen LogP contribution in [0, 0.1) is 12.8 Å². The molecule has 1 rings (SSSR count). The van der Waals surface area contributed by atoms with E-state index >= 15 is 0 Å². The first-order valence-electron chi connectivity index (χ1n) is 5.43. The van der Waals surface area contributed by atoms with Crippen molar-refractivity contribution in [2.24, 2.45) is 11.7 Å². The van der Waals surface area contributed by atoms with Gasteiger partial charge in [0.2, 0.25) is 11.8 Å². The summed E-state index contributed by atoms with van der Waals surface area (Å²) in [4.78, 5) is 8.52. The Bertz CT molecular complexity index is 341. The molecule has 16 heavy (non-hydrogen) atoms. The Hall–Kier alpha value is -1.36. The van der Waals surface area contributed by atoms with E-state index in [-0.39, 0.29) is 6.04 Å².